The number of hydrogen-bond donors (Lipinski definition) is 3. The highest BCUT2D eigenvalue weighted by molar-refractivity contribution is 14.0. The van der Waals surface area contributed by atoms with Gasteiger partial charge in [-0.05, 0) is 23.6 Å². The van der Waals surface area contributed by atoms with Crippen molar-refractivity contribution in [3.05, 3.63) is 45.9 Å². The molecule has 0 spiro atoms. The number of amides is 1. The van der Waals surface area contributed by atoms with E-state index in [0.29, 0.717) is 30.7 Å². The van der Waals surface area contributed by atoms with Crippen LogP contribution in [0.2, 0.25) is 0 Å². The molecule has 2 rings (SSSR count). The molecule has 0 aliphatic carbocycles. The van der Waals surface area contributed by atoms with Gasteiger partial charge >= 0.3 is 0 Å². The standard InChI is InChI=1S/C18H25N5O2S.HI/c1-12(2)15-11-26-17(23-15)9-22-18(20-3)21-8-13-5-4-6-14(7-13)25-10-16(19)24;/h4-7,11-12H,8-10H2,1-3H3,(H2,19,24)(H2,20,21,22);1H. The van der Waals surface area contributed by atoms with Crippen LogP contribution in [0.3, 0.4) is 0 Å². The zero-order valence-corrected chi connectivity index (χ0v) is 18.8. The average Bonchev–Trinajstić information content (AvgIpc) is 3.10. The number of rotatable bonds is 8. The van der Waals surface area contributed by atoms with Crippen molar-refractivity contribution in [2.45, 2.75) is 32.9 Å². The number of primary amides is 1. The zero-order chi connectivity index (χ0) is 18.9. The highest BCUT2D eigenvalue weighted by Gasteiger charge is 2.07. The number of halogens is 1. The van der Waals surface area contributed by atoms with Crippen LogP contribution in [0.1, 0.15) is 36.0 Å². The number of benzene rings is 1. The Balaban J connectivity index is 0.00000364. The number of guanidine groups is 1. The van der Waals surface area contributed by atoms with E-state index in [4.69, 9.17) is 10.5 Å². The molecule has 0 saturated heterocycles. The van der Waals surface area contributed by atoms with Gasteiger partial charge in [-0.25, -0.2) is 4.98 Å². The van der Waals surface area contributed by atoms with Crippen molar-refractivity contribution < 1.29 is 9.53 Å². The van der Waals surface area contributed by atoms with Gasteiger partial charge < -0.3 is 21.1 Å². The highest BCUT2D eigenvalue weighted by Crippen LogP contribution is 2.17. The fraction of sp³-hybridized carbons (Fsp3) is 0.389. The summed E-state index contributed by atoms with van der Waals surface area (Å²) in [4.78, 5) is 19.6. The van der Waals surface area contributed by atoms with Crippen molar-refractivity contribution in [1.82, 2.24) is 15.6 Å². The molecule has 1 heterocycles. The van der Waals surface area contributed by atoms with Crippen molar-refractivity contribution in [1.29, 1.82) is 0 Å². The highest BCUT2D eigenvalue weighted by atomic mass is 127. The van der Waals surface area contributed by atoms with Crippen LogP contribution < -0.4 is 21.1 Å². The van der Waals surface area contributed by atoms with E-state index in [2.05, 4.69) is 39.8 Å². The lowest BCUT2D eigenvalue weighted by Crippen LogP contribution is -2.36. The molecule has 0 radical (unpaired) electrons. The van der Waals surface area contributed by atoms with E-state index >= 15 is 0 Å². The molecule has 148 valence electrons. The molecule has 1 aromatic heterocycles. The predicted molar refractivity (Wildman–Crippen MR) is 120 cm³/mol. The summed E-state index contributed by atoms with van der Waals surface area (Å²) in [5.74, 6) is 1.23. The van der Waals surface area contributed by atoms with Crippen LogP contribution >= 0.6 is 35.3 Å². The Bertz CT molecular complexity index is 764. The smallest absolute Gasteiger partial charge is 0.255 e. The molecule has 2 aromatic rings. The fourth-order valence-corrected chi connectivity index (χ4v) is 3.03. The maximum Gasteiger partial charge on any atom is 0.255 e. The van der Waals surface area contributed by atoms with Gasteiger partial charge in [-0.3, -0.25) is 9.79 Å². The van der Waals surface area contributed by atoms with Gasteiger partial charge in [0.05, 0.1) is 12.2 Å². The van der Waals surface area contributed by atoms with E-state index in [9.17, 15) is 4.79 Å². The lowest BCUT2D eigenvalue weighted by atomic mass is 10.2. The Morgan fingerprint density at radius 2 is 2.07 bits per heavy atom. The lowest BCUT2D eigenvalue weighted by Gasteiger charge is -2.12. The van der Waals surface area contributed by atoms with Gasteiger partial charge in [-0.1, -0.05) is 26.0 Å². The predicted octanol–water partition coefficient (Wildman–Crippen LogP) is 2.61. The number of ether oxygens (including phenoxy) is 1. The minimum Gasteiger partial charge on any atom is -0.484 e. The van der Waals surface area contributed by atoms with Gasteiger partial charge in [-0.15, -0.1) is 35.3 Å². The van der Waals surface area contributed by atoms with E-state index in [1.54, 1.807) is 24.5 Å². The first kappa shape index (κ1) is 23.2. The molecule has 0 atom stereocenters. The van der Waals surface area contributed by atoms with E-state index in [-0.39, 0.29) is 30.6 Å². The SMILES string of the molecule is CN=C(NCc1cccc(OCC(N)=O)c1)NCc1nc(C(C)C)cs1.I. The molecule has 0 fully saturated rings. The monoisotopic (exact) mass is 503 g/mol. The molecule has 1 aromatic carbocycles. The molecular weight excluding hydrogens is 477 g/mol. The summed E-state index contributed by atoms with van der Waals surface area (Å²) in [7, 11) is 1.73. The summed E-state index contributed by atoms with van der Waals surface area (Å²) in [6, 6.07) is 7.48. The van der Waals surface area contributed by atoms with Crippen molar-refractivity contribution in [2.24, 2.45) is 10.7 Å². The van der Waals surface area contributed by atoms with E-state index in [0.717, 1.165) is 16.3 Å². The Labute approximate surface area is 180 Å². The van der Waals surface area contributed by atoms with Crippen LogP contribution in [0.5, 0.6) is 5.75 Å². The fourth-order valence-electron chi connectivity index (χ4n) is 2.14. The number of nitrogens with zero attached hydrogens (tertiary/aromatic N) is 2. The Kier molecular flexibility index (Phi) is 10.1. The van der Waals surface area contributed by atoms with Gasteiger partial charge in [0, 0.05) is 19.0 Å². The second-order valence-corrected chi connectivity index (χ2v) is 6.95. The molecule has 0 unspecified atom stereocenters. The van der Waals surface area contributed by atoms with Crippen LogP contribution in [-0.2, 0) is 17.9 Å². The average molecular weight is 503 g/mol. The number of nitrogens with two attached hydrogens (primary N) is 1. The number of nitrogens with one attached hydrogen (secondary N) is 2. The molecule has 9 heteroatoms. The molecular formula is C18H26IN5O2S. The van der Waals surface area contributed by atoms with E-state index < -0.39 is 5.91 Å². The number of carbonyl (C=O) groups is 1. The van der Waals surface area contributed by atoms with Crippen molar-refractivity contribution in [3.63, 3.8) is 0 Å². The summed E-state index contributed by atoms with van der Waals surface area (Å²) in [6.45, 7) is 5.33. The van der Waals surface area contributed by atoms with Crippen LogP contribution in [0.25, 0.3) is 0 Å². The molecule has 0 bridgehead atoms. The summed E-state index contributed by atoms with van der Waals surface area (Å²) < 4.78 is 5.31. The number of thiazole rings is 1. The van der Waals surface area contributed by atoms with Crippen LogP contribution in [0, 0.1) is 0 Å². The minimum atomic E-state index is -0.499. The van der Waals surface area contributed by atoms with Gasteiger partial charge in [0.15, 0.2) is 12.6 Å². The van der Waals surface area contributed by atoms with Crippen molar-refractivity contribution in [3.8, 4) is 5.75 Å². The molecule has 0 saturated carbocycles. The zero-order valence-electron chi connectivity index (χ0n) is 15.7. The van der Waals surface area contributed by atoms with Crippen LogP contribution in [0.15, 0.2) is 34.6 Å². The van der Waals surface area contributed by atoms with Gasteiger partial charge in [0.25, 0.3) is 5.91 Å². The Hall–Kier alpha value is -1.88. The molecule has 4 N–H and O–H groups in total. The first-order valence-electron chi connectivity index (χ1n) is 8.36. The summed E-state index contributed by atoms with van der Waals surface area (Å²) in [5.41, 5.74) is 7.21. The summed E-state index contributed by atoms with van der Waals surface area (Å²) in [6.07, 6.45) is 0. The number of carbonyl (C=O) groups excluding carboxylic acids is 1. The Morgan fingerprint density at radius 3 is 2.70 bits per heavy atom. The third kappa shape index (κ3) is 8.12. The third-order valence-corrected chi connectivity index (χ3v) is 4.40. The van der Waals surface area contributed by atoms with Crippen LogP contribution in [0.4, 0.5) is 0 Å². The maximum atomic E-state index is 10.8. The van der Waals surface area contributed by atoms with E-state index in [1.807, 2.05) is 18.2 Å². The first-order chi connectivity index (χ1) is 12.5. The topological polar surface area (TPSA) is 102 Å². The van der Waals surface area contributed by atoms with Gasteiger partial charge in [-0.2, -0.15) is 0 Å². The largest absolute Gasteiger partial charge is 0.484 e. The van der Waals surface area contributed by atoms with Crippen molar-refractivity contribution >= 4 is 47.2 Å². The number of hydrogen-bond acceptors (Lipinski definition) is 5. The third-order valence-electron chi connectivity index (χ3n) is 3.53. The Morgan fingerprint density at radius 1 is 1.33 bits per heavy atom. The molecule has 1 amide bonds. The first-order valence-corrected chi connectivity index (χ1v) is 9.24. The van der Waals surface area contributed by atoms with E-state index in [1.165, 1.54) is 0 Å². The molecule has 7 nitrogen and oxygen atoms in total. The molecule has 0 aliphatic heterocycles. The number of aliphatic imine (C=N–C) groups is 1. The van der Waals surface area contributed by atoms with Gasteiger partial charge in [0.1, 0.15) is 10.8 Å². The van der Waals surface area contributed by atoms with Crippen LogP contribution in [-0.4, -0.2) is 30.5 Å². The normalized spacial score (nSPS) is 11.0. The summed E-state index contributed by atoms with van der Waals surface area (Å²) in [5, 5.41) is 9.62. The van der Waals surface area contributed by atoms with Crippen molar-refractivity contribution in [2.75, 3.05) is 13.7 Å². The lowest BCUT2D eigenvalue weighted by molar-refractivity contribution is -0.119. The minimum absolute atomic E-state index is 0. The second kappa shape index (κ2) is 11.8. The van der Waals surface area contributed by atoms with Gasteiger partial charge in [0.2, 0.25) is 0 Å². The summed E-state index contributed by atoms with van der Waals surface area (Å²) >= 11 is 1.64. The quantitative estimate of drug-likeness (QED) is 0.292. The second-order valence-electron chi connectivity index (χ2n) is 6.00. The molecule has 27 heavy (non-hydrogen) atoms. The number of aromatic nitrogens is 1. The maximum absolute atomic E-state index is 10.8. The molecule has 0 aliphatic rings.